The quantitative estimate of drug-likeness (QED) is 0.906. The van der Waals surface area contributed by atoms with Crippen LogP contribution in [0, 0.1) is 0 Å². The second-order valence-corrected chi connectivity index (χ2v) is 6.52. The number of benzene rings is 1. The van der Waals surface area contributed by atoms with Crippen LogP contribution in [0.1, 0.15) is 12.5 Å². The fraction of sp³-hybridized carbons (Fsp3) is 0.200. The van der Waals surface area contributed by atoms with Gasteiger partial charge >= 0.3 is 0 Å². The number of nitrogens with zero attached hydrogens (tertiary/aromatic N) is 2. The molecule has 0 aliphatic carbocycles. The van der Waals surface area contributed by atoms with Gasteiger partial charge in [0.25, 0.3) is 0 Å². The summed E-state index contributed by atoms with van der Waals surface area (Å²) < 4.78 is 27.0. The van der Waals surface area contributed by atoms with Crippen molar-refractivity contribution < 1.29 is 13.2 Å². The van der Waals surface area contributed by atoms with E-state index >= 15 is 0 Å². The van der Waals surface area contributed by atoms with E-state index in [1.165, 1.54) is 24.0 Å². The zero-order chi connectivity index (χ0) is 16.2. The van der Waals surface area contributed by atoms with Gasteiger partial charge in [-0.25, -0.2) is 13.1 Å². The molecule has 1 N–H and O–H groups in total. The number of nitrogens with one attached hydrogen (secondary N) is 1. The summed E-state index contributed by atoms with van der Waals surface area (Å²) in [6, 6.07) is 9.64. The smallest absolute Gasteiger partial charge is 0.240 e. The largest absolute Gasteiger partial charge is 0.316 e. The van der Waals surface area contributed by atoms with Crippen LogP contribution >= 0.6 is 0 Å². The Morgan fingerprint density at radius 3 is 2.27 bits per heavy atom. The van der Waals surface area contributed by atoms with Crippen LogP contribution in [0.5, 0.6) is 0 Å². The molecule has 0 bridgehead atoms. The summed E-state index contributed by atoms with van der Waals surface area (Å²) in [5.74, 6) is -0.119. The highest BCUT2D eigenvalue weighted by Gasteiger charge is 2.14. The molecular formula is C15H17N3O3S. The highest BCUT2D eigenvalue weighted by molar-refractivity contribution is 7.89. The van der Waals surface area contributed by atoms with Gasteiger partial charge in [0, 0.05) is 38.6 Å². The van der Waals surface area contributed by atoms with Gasteiger partial charge in [-0.15, -0.1) is 0 Å². The summed E-state index contributed by atoms with van der Waals surface area (Å²) in [4.78, 5) is 16.8. The van der Waals surface area contributed by atoms with Crippen molar-refractivity contribution in [2.24, 2.45) is 0 Å². The molecule has 0 spiro atoms. The second kappa shape index (κ2) is 6.67. The molecule has 0 radical (unpaired) electrons. The summed E-state index contributed by atoms with van der Waals surface area (Å²) in [6.45, 7) is 1.64. The Morgan fingerprint density at radius 2 is 1.73 bits per heavy atom. The number of sulfonamides is 1. The molecule has 0 fully saturated rings. The number of pyridine rings is 1. The lowest BCUT2D eigenvalue weighted by Crippen LogP contribution is -2.24. The van der Waals surface area contributed by atoms with Gasteiger partial charge in [0.05, 0.1) is 4.90 Å². The Balaban J connectivity index is 2.11. The van der Waals surface area contributed by atoms with Crippen LogP contribution < -0.4 is 9.62 Å². The molecule has 1 aromatic carbocycles. The van der Waals surface area contributed by atoms with Gasteiger partial charge in [0.2, 0.25) is 15.9 Å². The first kappa shape index (κ1) is 16.1. The fourth-order valence-corrected chi connectivity index (χ4v) is 2.81. The van der Waals surface area contributed by atoms with Crippen molar-refractivity contribution in [2.75, 3.05) is 11.9 Å². The maximum atomic E-state index is 12.2. The number of aromatic nitrogens is 1. The number of carbonyl (C=O) groups excluding carboxylic acids is 1. The molecule has 0 unspecified atom stereocenters. The predicted octanol–water partition coefficient (Wildman–Crippen LogP) is 1.54. The van der Waals surface area contributed by atoms with Gasteiger partial charge in [-0.3, -0.25) is 9.78 Å². The molecule has 22 heavy (non-hydrogen) atoms. The van der Waals surface area contributed by atoms with E-state index in [4.69, 9.17) is 0 Å². The Kier molecular flexibility index (Phi) is 4.89. The molecule has 116 valence electrons. The molecule has 1 amide bonds. The summed E-state index contributed by atoms with van der Waals surface area (Å²) in [6.07, 6.45) is 3.21. The molecule has 1 heterocycles. The van der Waals surface area contributed by atoms with Gasteiger partial charge in [-0.05, 0) is 42.0 Å². The summed E-state index contributed by atoms with van der Waals surface area (Å²) in [5.41, 5.74) is 1.46. The van der Waals surface area contributed by atoms with Crippen LogP contribution in [0.4, 0.5) is 5.69 Å². The Morgan fingerprint density at radius 1 is 1.14 bits per heavy atom. The Labute approximate surface area is 129 Å². The first-order valence-electron chi connectivity index (χ1n) is 6.63. The van der Waals surface area contributed by atoms with E-state index in [9.17, 15) is 13.2 Å². The Hall–Kier alpha value is -2.25. The summed E-state index contributed by atoms with van der Waals surface area (Å²) in [7, 11) is -1.96. The second-order valence-electron chi connectivity index (χ2n) is 4.75. The van der Waals surface area contributed by atoms with Crippen molar-refractivity contribution in [1.82, 2.24) is 9.71 Å². The molecular weight excluding hydrogens is 302 g/mol. The van der Waals surface area contributed by atoms with E-state index in [1.54, 1.807) is 43.7 Å². The van der Waals surface area contributed by atoms with Crippen LogP contribution in [0.2, 0.25) is 0 Å². The lowest BCUT2D eigenvalue weighted by molar-refractivity contribution is -0.116. The molecule has 0 saturated carbocycles. The lowest BCUT2D eigenvalue weighted by atomic mass is 10.3. The molecule has 0 saturated heterocycles. The number of anilines is 1. The fourth-order valence-electron chi connectivity index (χ4n) is 1.79. The van der Waals surface area contributed by atoms with E-state index in [1.807, 2.05) is 0 Å². The molecule has 2 rings (SSSR count). The van der Waals surface area contributed by atoms with Crippen molar-refractivity contribution >= 4 is 21.6 Å². The molecule has 2 aromatic rings. The predicted molar refractivity (Wildman–Crippen MR) is 83.8 cm³/mol. The average Bonchev–Trinajstić information content (AvgIpc) is 2.53. The van der Waals surface area contributed by atoms with Crippen molar-refractivity contribution in [3.05, 3.63) is 54.4 Å². The summed E-state index contributed by atoms with van der Waals surface area (Å²) in [5, 5.41) is 0. The van der Waals surface area contributed by atoms with Crippen molar-refractivity contribution in [2.45, 2.75) is 18.4 Å². The van der Waals surface area contributed by atoms with Crippen LogP contribution in [-0.4, -0.2) is 26.4 Å². The maximum Gasteiger partial charge on any atom is 0.240 e. The van der Waals surface area contributed by atoms with E-state index < -0.39 is 10.0 Å². The minimum absolute atomic E-state index is 0.119. The molecule has 0 atom stereocenters. The third kappa shape index (κ3) is 3.90. The molecule has 1 aromatic heterocycles. The van der Waals surface area contributed by atoms with Gasteiger partial charge in [-0.1, -0.05) is 0 Å². The van der Waals surface area contributed by atoms with Gasteiger partial charge < -0.3 is 4.90 Å². The third-order valence-electron chi connectivity index (χ3n) is 3.22. The number of rotatable bonds is 5. The van der Waals surface area contributed by atoms with E-state index in [-0.39, 0.29) is 17.3 Å². The molecule has 0 aliphatic rings. The van der Waals surface area contributed by atoms with E-state index in [0.717, 1.165) is 5.56 Å². The van der Waals surface area contributed by atoms with Crippen LogP contribution in [0.15, 0.2) is 53.7 Å². The summed E-state index contributed by atoms with van der Waals surface area (Å²) >= 11 is 0. The number of hydrogen-bond acceptors (Lipinski definition) is 4. The monoisotopic (exact) mass is 319 g/mol. The Bertz CT molecular complexity index is 743. The van der Waals surface area contributed by atoms with E-state index in [2.05, 4.69) is 9.71 Å². The van der Waals surface area contributed by atoms with Gasteiger partial charge in [0.1, 0.15) is 0 Å². The maximum absolute atomic E-state index is 12.2. The lowest BCUT2D eigenvalue weighted by Gasteiger charge is -2.15. The molecule has 0 aliphatic heterocycles. The minimum atomic E-state index is -3.60. The molecule has 7 heteroatoms. The highest BCUT2D eigenvalue weighted by Crippen LogP contribution is 2.17. The van der Waals surface area contributed by atoms with Crippen LogP contribution in [0.3, 0.4) is 0 Å². The number of amides is 1. The van der Waals surface area contributed by atoms with Crippen LogP contribution in [-0.2, 0) is 21.4 Å². The number of carbonyl (C=O) groups is 1. The SMILES string of the molecule is CC(=O)N(C)c1ccc(S(=O)(=O)NCc2ccncc2)cc1. The molecule has 6 nitrogen and oxygen atoms in total. The van der Waals surface area contributed by atoms with Crippen LogP contribution in [0.25, 0.3) is 0 Å². The minimum Gasteiger partial charge on any atom is -0.316 e. The normalized spacial score (nSPS) is 11.2. The zero-order valence-corrected chi connectivity index (χ0v) is 13.2. The zero-order valence-electron chi connectivity index (χ0n) is 12.4. The third-order valence-corrected chi connectivity index (χ3v) is 4.64. The first-order valence-corrected chi connectivity index (χ1v) is 8.11. The first-order chi connectivity index (χ1) is 10.4. The standard InChI is InChI=1S/C15H17N3O3S/c1-12(19)18(2)14-3-5-15(6-4-14)22(20,21)17-11-13-7-9-16-10-8-13/h3-10,17H,11H2,1-2H3. The van der Waals surface area contributed by atoms with Crippen molar-refractivity contribution in [3.63, 3.8) is 0 Å². The van der Waals surface area contributed by atoms with Gasteiger partial charge in [-0.2, -0.15) is 0 Å². The topological polar surface area (TPSA) is 79.4 Å². The van der Waals surface area contributed by atoms with Gasteiger partial charge in [0.15, 0.2) is 0 Å². The number of hydrogen-bond donors (Lipinski definition) is 1. The van der Waals surface area contributed by atoms with Crippen molar-refractivity contribution in [1.29, 1.82) is 0 Å². The highest BCUT2D eigenvalue weighted by atomic mass is 32.2. The van der Waals surface area contributed by atoms with Crippen molar-refractivity contribution in [3.8, 4) is 0 Å². The van der Waals surface area contributed by atoms with E-state index in [0.29, 0.717) is 5.69 Å². The average molecular weight is 319 g/mol.